The maximum Gasteiger partial charge on any atom is 0.126 e. The van der Waals surface area contributed by atoms with E-state index in [1.54, 1.807) is 6.07 Å². The summed E-state index contributed by atoms with van der Waals surface area (Å²) in [6.07, 6.45) is 4.98. The lowest BCUT2D eigenvalue weighted by Gasteiger charge is -2.32. The minimum absolute atomic E-state index is 0.138. The average molecular weight is 264 g/mol. The highest BCUT2D eigenvalue weighted by Gasteiger charge is 2.22. The predicted molar refractivity (Wildman–Crippen MR) is 79.0 cm³/mol. The van der Waals surface area contributed by atoms with E-state index in [-0.39, 0.29) is 11.9 Å². The molecule has 0 bridgehead atoms. The molecule has 0 amide bonds. The third-order valence-corrected chi connectivity index (χ3v) is 4.16. The third-order valence-electron chi connectivity index (χ3n) is 4.16. The van der Waals surface area contributed by atoms with Crippen molar-refractivity contribution in [3.8, 4) is 0 Å². The first kappa shape index (κ1) is 14.3. The molecule has 2 rings (SSSR count). The number of hydrogen-bond donors (Lipinski definition) is 1. The zero-order chi connectivity index (χ0) is 14.0. The first-order valence-electron chi connectivity index (χ1n) is 7.33. The Hall–Kier alpha value is -1.09. The van der Waals surface area contributed by atoms with Gasteiger partial charge < -0.3 is 10.6 Å². The lowest BCUT2D eigenvalue weighted by molar-refractivity contribution is 0.599. The van der Waals surface area contributed by atoms with Gasteiger partial charge in [0.15, 0.2) is 0 Å². The van der Waals surface area contributed by atoms with Gasteiger partial charge in [0.1, 0.15) is 5.82 Å². The number of halogens is 1. The number of aryl methyl sites for hydroxylation is 1. The van der Waals surface area contributed by atoms with Crippen molar-refractivity contribution in [3.63, 3.8) is 0 Å². The Morgan fingerprint density at radius 2 is 2.05 bits per heavy atom. The first-order valence-corrected chi connectivity index (χ1v) is 7.33. The van der Waals surface area contributed by atoms with E-state index in [9.17, 15) is 4.39 Å². The van der Waals surface area contributed by atoms with Crippen molar-refractivity contribution >= 4 is 5.69 Å². The Balaban J connectivity index is 2.43. The number of nitrogens with zero attached hydrogens (tertiary/aromatic N) is 1. The summed E-state index contributed by atoms with van der Waals surface area (Å²) in [4.78, 5) is 2.41. The smallest absolute Gasteiger partial charge is 0.126 e. The summed E-state index contributed by atoms with van der Waals surface area (Å²) >= 11 is 0. The summed E-state index contributed by atoms with van der Waals surface area (Å²) in [6, 6.07) is 3.95. The van der Waals surface area contributed by atoms with Gasteiger partial charge in [-0.3, -0.25) is 0 Å². The van der Waals surface area contributed by atoms with Gasteiger partial charge in [-0.15, -0.1) is 0 Å². The second-order valence-corrected chi connectivity index (χ2v) is 5.84. The van der Waals surface area contributed by atoms with Crippen molar-refractivity contribution in [2.75, 3.05) is 11.4 Å². The van der Waals surface area contributed by atoms with E-state index in [0.29, 0.717) is 11.6 Å². The van der Waals surface area contributed by atoms with Crippen molar-refractivity contribution < 1.29 is 4.39 Å². The summed E-state index contributed by atoms with van der Waals surface area (Å²) in [5.41, 5.74) is 8.79. The average Bonchev–Trinajstić information content (AvgIpc) is 2.56. The van der Waals surface area contributed by atoms with E-state index < -0.39 is 0 Å². The fourth-order valence-corrected chi connectivity index (χ4v) is 2.93. The van der Waals surface area contributed by atoms with Gasteiger partial charge in [-0.25, -0.2) is 4.39 Å². The molecule has 1 aromatic rings. The molecule has 1 saturated heterocycles. The second kappa shape index (κ2) is 5.91. The Labute approximate surface area is 115 Å². The van der Waals surface area contributed by atoms with Crippen molar-refractivity contribution in [1.82, 2.24) is 0 Å². The van der Waals surface area contributed by atoms with E-state index in [2.05, 4.69) is 11.8 Å². The van der Waals surface area contributed by atoms with Gasteiger partial charge >= 0.3 is 0 Å². The molecule has 2 unspecified atom stereocenters. The summed E-state index contributed by atoms with van der Waals surface area (Å²) in [7, 11) is 0. The molecule has 2 nitrogen and oxygen atoms in total. The quantitative estimate of drug-likeness (QED) is 0.877. The fourth-order valence-electron chi connectivity index (χ4n) is 2.93. The van der Waals surface area contributed by atoms with E-state index in [4.69, 9.17) is 5.73 Å². The van der Waals surface area contributed by atoms with Crippen LogP contribution < -0.4 is 10.6 Å². The van der Waals surface area contributed by atoms with Crippen LogP contribution in [0.25, 0.3) is 0 Å². The highest BCUT2D eigenvalue weighted by Crippen LogP contribution is 2.32. The first-order chi connectivity index (χ1) is 9.00. The second-order valence-electron chi connectivity index (χ2n) is 5.84. The number of hydrogen-bond acceptors (Lipinski definition) is 2. The Kier molecular flexibility index (Phi) is 4.46. The molecule has 1 aliphatic heterocycles. The van der Waals surface area contributed by atoms with Gasteiger partial charge in [-0.1, -0.05) is 12.8 Å². The summed E-state index contributed by atoms with van der Waals surface area (Å²) in [6.45, 7) is 7.06. The van der Waals surface area contributed by atoms with Crippen LogP contribution in [-0.4, -0.2) is 12.6 Å². The van der Waals surface area contributed by atoms with Crippen LogP contribution >= 0.6 is 0 Å². The van der Waals surface area contributed by atoms with Crippen molar-refractivity contribution in [1.29, 1.82) is 0 Å². The van der Waals surface area contributed by atoms with E-state index in [1.807, 2.05) is 19.9 Å². The summed E-state index contributed by atoms with van der Waals surface area (Å²) in [5, 5.41) is 0. The van der Waals surface area contributed by atoms with Crippen LogP contribution in [0, 0.1) is 12.7 Å². The molecule has 0 spiro atoms. The predicted octanol–water partition coefficient (Wildman–Crippen LogP) is 3.92. The highest BCUT2D eigenvalue weighted by molar-refractivity contribution is 5.57. The normalized spacial score (nSPS) is 22.2. The van der Waals surface area contributed by atoms with Gasteiger partial charge in [0.05, 0.1) is 0 Å². The van der Waals surface area contributed by atoms with E-state index in [0.717, 1.165) is 17.8 Å². The highest BCUT2D eigenvalue weighted by atomic mass is 19.1. The molecular weight excluding hydrogens is 239 g/mol. The van der Waals surface area contributed by atoms with Crippen molar-refractivity contribution in [3.05, 3.63) is 29.1 Å². The Bertz CT molecular complexity index is 443. The zero-order valence-corrected chi connectivity index (χ0v) is 12.2. The van der Waals surface area contributed by atoms with Crippen LogP contribution in [0.4, 0.5) is 10.1 Å². The third kappa shape index (κ3) is 3.08. The molecule has 1 aromatic carbocycles. The van der Waals surface area contributed by atoms with Gasteiger partial charge in [-0.05, 0) is 56.9 Å². The van der Waals surface area contributed by atoms with Gasteiger partial charge in [-0.2, -0.15) is 0 Å². The van der Waals surface area contributed by atoms with Crippen LogP contribution in [0.15, 0.2) is 12.1 Å². The molecule has 0 aliphatic carbocycles. The molecule has 1 fully saturated rings. The fraction of sp³-hybridized carbons (Fsp3) is 0.625. The minimum atomic E-state index is -0.154. The minimum Gasteiger partial charge on any atom is -0.369 e. The molecule has 1 aliphatic rings. The molecular formula is C16H25FN2. The maximum absolute atomic E-state index is 13.8. The molecule has 0 aromatic heterocycles. The molecule has 106 valence electrons. The number of benzene rings is 1. The lowest BCUT2D eigenvalue weighted by atomic mass is 10.0. The maximum atomic E-state index is 13.8. The molecule has 2 atom stereocenters. The standard InChI is InChI=1S/C16H25FN2/c1-11-9-16(14(13(3)18)10-15(11)17)19-8-6-4-5-7-12(19)2/h9-10,12-13H,4-8,18H2,1-3H3. The number of anilines is 1. The van der Waals surface area contributed by atoms with Crippen LogP contribution in [0.2, 0.25) is 0 Å². The summed E-state index contributed by atoms with van der Waals surface area (Å²) in [5.74, 6) is -0.154. The lowest BCUT2D eigenvalue weighted by Crippen LogP contribution is -2.34. The van der Waals surface area contributed by atoms with Crippen molar-refractivity contribution in [2.24, 2.45) is 5.73 Å². The molecule has 3 heteroatoms. The van der Waals surface area contributed by atoms with Crippen LogP contribution in [0.3, 0.4) is 0 Å². The topological polar surface area (TPSA) is 29.3 Å². The van der Waals surface area contributed by atoms with Gasteiger partial charge in [0.2, 0.25) is 0 Å². The van der Waals surface area contributed by atoms with E-state index in [1.165, 1.54) is 25.7 Å². The van der Waals surface area contributed by atoms with Crippen LogP contribution in [0.5, 0.6) is 0 Å². The zero-order valence-electron chi connectivity index (χ0n) is 12.2. The van der Waals surface area contributed by atoms with Gasteiger partial charge in [0.25, 0.3) is 0 Å². The SMILES string of the molecule is Cc1cc(N2CCCCCC2C)c(C(C)N)cc1F. The van der Waals surface area contributed by atoms with Crippen LogP contribution in [-0.2, 0) is 0 Å². The van der Waals surface area contributed by atoms with Gasteiger partial charge in [0, 0.05) is 24.3 Å². The monoisotopic (exact) mass is 264 g/mol. The van der Waals surface area contributed by atoms with Crippen molar-refractivity contribution in [2.45, 2.75) is 58.5 Å². The molecule has 0 saturated carbocycles. The van der Waals surface area contributed by atoms with E-state index >= 15 is 0 Å². The largest absolute Gasteiger partial charge is 0.369 e. The molecule has 1 heterocycles. The van der Waals surface area contributed by atoms with Crippen LogP contribution in [0.1, 0.15) is 56.7 Å². The number of rotatable bonds is 2. The molecule has 0 radical (unpaired) electrons. The summed E-state index contributed by atoms with van der Waals surface area (Å²) < 4.78 is 13.8. The number of nitrogens with two attached hydrogens (primary N) is 1. The Morgan fingerprint density at radius 3 is 2.74 bits per heavy atom. The molecule has 2 N–H and O–H groups in total. The Morgan fingerprint density at radius 1 is 1.32 bits per heavy atom. The molecule has 19 heavy (non-hydrogen) atoms.